The number of aliphatic hydroxyl groups excluding tert-OH is 1. The van der Waals surface area contributed by atoms with E-state index in [1.54, 1.807) is 0 Å². The Morgan fingerprint density at radius 1 is 1.33 bits per heavy atom. The Morgan fingerprint density at radius 3 is 2.33 bits per heavy atom. The Kier molecular flexibility index (Phi) is 6.53. The van der Waals surface area contributed by atoms with Gasteiger partial charge in [0.2, 0.25) is 0 Å². The predicted octanol–water partition coefficient (Wildman–Crippen LogP) is -4.59. The molecule has 12 heteroatoms. The van der Waals surface area contributed by atoms with Gasteiger partial charge in [0.15, 0.2) is 12.7 Å². The lowest BCUT2D eigenvalue weighted by molar-refractivity contribution is -0.911. The fourth-order valence-electron chi connectivity index (χ4n) is 1.71. The van der Waals surface area contributed by atoms with E-state index < -0.39 is 33.0 Å². The molecule has 1 aliphatic heterocycles. The van der Waals surface area contributed by atoms with Crippen LogP contribution in [0.1, 0.15) is 6.92 Å². The van der Waals surface area contributed by atoms with Crippen molar-refractivity contribution in [2.75, 3.05) is 39.5 Å². The lowest BCUT2D eigenvalue weighted by Crippen LogP contribution is -3.15. The molecular formula is C9H19NO9P2-2. The average molecular weight is 347 g/mol. The summed E-state index contributed by atoms with van der Waals surface area (Å²) in [6, 6.07) is 0. The molecule has 3 N–H and O–H groups in total. The summed E-state index contributed by atoms with van der Waals surface area (Å²) in [6.07, 6.45) is -1.19. The Balaban J connectivity index is 2.52. The molecule has 0 aromatic carbocycles. The Bertz CT molecular complexity index is 431. The lowest BCUT2D eigenvalue weighted by atomic mass is 10.3. The number of ether oxygens (including phenoxy) is 1. The third-order valence-corrected chi connectivity index (χ3v) is 7.23. The molecule has 1 unspecified atom stereocenters. The zero-order valence-electron chi connectivity index (χ0n) is 11.5. The van der Waals surface area contributed by atoms with Crippen molar-refractivity contribution in [1.82, 2.24) is 0 Å². The number of nitrogens with one attached hydrogen (secondary N) is 1. The molecule has 1 aliphatic rings. The topological polar surface area (TPSA) is 167 Å². The van der Waals surface area contributed by atoms with Crippen molar-refractivity contribution in [1.29, 1.82) is 0 Å². The van der Waals surface area contributed by atoms with Crippen LogP contribution in [0.2, 0.25) is 0 Å². The quantitative estimate of drug-likeness (QED) is 0.384. The summed E-state index contributed by atoms with van der Waals surface area (Å²) in [7, 11) is -11.2. The molecular weight excluding hydrogens is 328 g/mol. The van der Waals surface area contributed by atoms with Gasteiger partial charge in [0.1, 0.15) is 25.7 Å². The molecule has 126 valence electrons. The molecule has 0 aliphatic carbocycles. The predicted molar refractivity (Wildman–Crippen MR) is 64.2 cm³/mol. The second kappa shape index (κ2) is 7.14. The molecule has 0 saturated carbocycles. The first-order valence-corrected chi connectivity index (χ1v) is 9.35. The van der Waals surface area contributed by atoms with Crippen molar-refractivity contribution >= 4 is 15.2 Å². The van der Waals surface area contributed by atoms with Crippen LogP contribution >= 0.6 is 15.2 Å². The zero-order chi connectivity index (χ0) is 16.3. The van der Waals surface area contributed by atoms with E-state index in [9.17, 15) is 34.0 Å². The SMILES string of the molecule is C[C@@](O)(P(=O)([O-])[O-])P(=O)([O-])OC[C@H](O)C[NH+]1CCOCC1. The summed E-state index contributed by atoms with van der Waals surface area (Å²) >= 11 is 0. The van der Waals surface area contributed by atoms with E-state index in [0.29, 0.717) is 33.2 Å². The number of quaternary nitrogens is 1. The van der Waals surface area contributed by atoms with E-state index in [1.807, 2.05) is 0 Å². The third-order valence-electron chi connectivity index (χ3n) is 3.20. The van der Waals surface area contributed by atoms with E-state index in [2.05, 4.69) is 4.52 Å². The molecule has 10 nitrogen and oxygen atoms in total. The molecule has 0 aromatic heterocycles. The van der Waals surface area contributed by atoms with Crippen LogP contribution in [-0.2, 0) is 18.4 Å². The van der Waals surface area contributed by atoms with E-state index in [-0.39, 0.29) is 6.54 Å². The second-order valence-electron chi connectivity index (χ2n) is 4.98. The van der Waals surface area contributed by atoms with Crippen molar-refractivity contribution in [2.45, 2.75) is 18.1 Å². The van der Waals surface area contributed by atoms with Gasteiger partial charge in [0, 0.05) is 0 Å². The molecule has 3 atom stereocenters. The van der Waals surface area contributed by atoms with Gasteiger partial charge in [-0.2, -0.15) is 0 Å². The van der Waals surface area contributed by atoms with Crippen LogP contribution in [-0.4, -0.2) is 60.9 Å². The van der Waals surface area contributed by atoms with Gasteiger partial charge < -0.3 is 48.2 Å². The summed E-state index contributed by atoms with van der Waals surface area (Å²) in [6.45, 7) is 2.10. The maximum Gasteiger partial charge on any atom is 0.171 e. The van der Waals surface area contributed by atoms with Crippen molar-refractivity contribution in [3.05, 3.63) is 0 Å². The first-order valence-electron chi connectivity index (χ1n) is 6.27. The highest BCUT2D eigenvalue weighted by molar-refractivity contribution is 7.70. The molecule has 21 heavy (non-hydrogen) atoms. The Labute approximate surface area is 122 Å². The van der Waals surface area contributed by atoms with Gasteiger partial charge in [-0.25, -0.2) is 0 Å². The first kappa shape index (κ1) is 19.2. The number of hydrogen-bond donors (Lipinski definition) is 3. The fourth-order valence-corrected chi connectivity index (χ4v) is 3.70. The minimum atomic E-state index is -5.83. The Morgan fingerprint density at radius 2 is 1.86 bits per heavy atom. The van der Waals surface area contributed by atoms with Gasteiger partial charge in [-0.3, -0.25) is 0 Å². The fraction of sp³-hybridized carbons (Fsp3) is 1.00. The van der Waals surface area contributed by atoms with E-state index >= 15 is 0 Å². The molecule has 1 fully saturated rings. The molecule has 0 amide bonds. The lowest BCUT2D eigenvalue weighted by Gasteiger charge is -2.49. The normalized spacial score (nSPS) is 25.0. The monoisotopic (exact) mass is 347 g/mol. The maximum absolute atomic E-state index is 11.5. The minimum Gasteiger partial charge on any atom is -0.808 e. The highest BCUT2D eigenvalue weighted by Gasteiger charge is 2.39. The summed E-state index contributed by atoms with van der Waals surface area (Å²) in [5.74, 6) is 0. The number of hydrogen-bond acceptors (Lipinski definition) is 9. The van der Waals surface area contributed by atoms with Crippen LogP contribution < -0.4 is 19.6 Å². The van der Waals surface area contributed by atoms with Crippen LogP contribution in [0, 0.1) is 0 Å². The molecule has 1 rings (SSSR count). The van der Waals surface area contributed by atoms with Crippen LogP contribution in [0.25, 0.3) is 0 Å². The molecule has 0 spiro atoms. The van der Waals surface area contributed by atoms with Crippen LogP contribution in [0.4, 0.5) is 0 Å². The minimum absolute atomic E-state index is 0.178. The van der Waals surface area contributed by atoms with E-state index in [4.69, 9.17) is 4.74 Å². The number of morpholine rings is 1. The zero-order valence-corrected chi connectivity index (χ0v) is 13.3. The summed E-state index contributed by atoms with van der Waals surface area (Å²) in [5, 5.41) is 15.5. The molecule has 1 saturated heterocycles. The van der Waals surface area contributed by atoms with E-state index in [0.717, 1.165) is 4.90 Å². The van der Waals surface area contributed by atoms with Gasteiger partial charge in [-0.1, -0.05) is 0 Å². The number of aliphatic hydroxyl groups is 2. The molecule has 0 aromatic rings. The summed E-state index contributed by atoms with van der Waals surface area (Å²) in [4.78, 5) is 34.0. The highest BCUT2D eigenvalue weighted by Crippen LogP contribution is 2.63. The third kappa shape index (κ3) is 5.07. The standard InChI is InChI=1S/C9H21NO9P2/c1-9(12,20(13,14)15)21(16,17)19-7-8(11)6-10-2-4-18-5-3-10/h8,11-12H,2-7H2,1H3,(H,16,17)(H2,13,14,15)/p-2/t8-,9-/m1/s1. The Hall–Kier alpha value is 0.140. The van der Waals surface area contributed by atoms with Gasteiger partial charge in [-0.15, -0.1) is 0 Å². The van der Waals surface area contributed by atoms with Gasteiger partial charge in [-0.05, 0) is 14.5 Å². The van der Waals surface area contributed by atoms with Gasteiger partial charge in [0.25, 0.3) is 0 Å². The van der Waals surface area contributed by atoms with Gasteiger partial charge in [0.05, 0.1) is 19.8 Å². The van der Waals surface area contributed by atoms with Crippen molar-refractivity contribution in [3.63, 3.8) is 0 Å². The molecule has 1 heterocycles. The highest BCUT2D eigenvalue weighted by atomic mass is 31.2. The van der Waals surface area contributed by atoms with Crippen LogP contribution in [0.3, 0.4) is 0 Å². The molecule has 0 radical (unpaired) electrons. The summed E-state index contributed by atoms with van der Waals surface area (Å²) < 4.78 is 31.7. The maximum atomic E-state index is 11.5. The largest absolute Gasteiger partial charge is 0.808 e. The summed E-state index contributed by atoms with van der Waals surface area (Å²) in [5.41, 5.74) is 0. The molecule has 0 bridgehead atoms. The van der Waals surface area contributed by atoms with Crippen molar-refractivity contribution in [2.24, 2.45) is 0 Å². The van der Waals surface area contributed by atoms with Crippen molar-refractivity contribution < 1.29 is 48.2 Å². The van der Waals surface area contributed by atoms with Gasteiger partial charge >= 0.3 is 0 Å². The average Bonchev–Trinajstić information content (AvgIpc) is 2.36. The van der Waals surface area contributed by atoms with Crippen LogP contribution in [0.15, 0.2) is 0 Å². The second-order valence-corrected chi connectivity index (χ2v) is 9.32. The van der Waals surface area contributed by atoms with E-state index in [1.165, 1.54) is 0 Å². The van der Waals surface area contributed by atoms with Crippen molar-refractivity contribution in [3.8, 4) is 0 Å². The number of rotatable bonds is 7. The smallest absolute Gasteiger partial charge is 0.171 e. The first-order chi connectivity index (χ1) is 9.47. The van der Waals surface area contributed by atoms with Crippen LogP contribution in [0.5, 0.6) is 0 Å².